The minimum absolute atomic E-state index is 0.211. The van der Waals surface area contributed by atoms with Crippen molar-refractivity contribution in [1.82, 2.24) is 19.7 Å². The number of rotatable bonds is 3. The highest BCUT2D eigenvalue weighted by atomic mass is 32.2. The van der Waals surface area contributed by atoms with Crippen molar-refractivity contribution < 1.29 is 4.79 Å². The SMILES string of the molecule is C[C@@H]1CCC[C@@H](C)N1C(=O)CSc1nncn1C. The van der Waals surface area contributed by atoms with Gasteiger partial charge < -0.3 is 9.47 Å². The van der Waals surface area contributed by atoms with E-state index < -0.39 is 0 Å². The number of hydrogen-bond donors (Lipinski definition) is 0. The van der Waals surface area contributed by atoms with E-state index in [1.54, 1.807) is 6.33 Å². The zero-order valence-electron chi connectivity index (χ0n) is 11.2. The maximum absolute atomic E-state index is 12.3. The molecule has 0 aliphatic carbocycles. The first-order valence-corrected chi connectivity index (χ1v) is 7.36. The molecule has 2 heterocycles. The smallest absolute Gasteiger partial charge is 0.233 e. The Kier molecular flexibility index (Phi) is 4.27. The van der Waals surface area contributed by atoms with Gasteiger partial charge in [-0.25, -0.2) is 0 Å². The summed E-state index contributed by atoms with van der Waals surface area (Å²) in [6.07, 6.45) is 5.11. The highest BCUT2D eigenvalue weighted by molar-refractivity contribution is 7.99. The quantitative estimate of drug-likeness (QED) is 0.783. The minimum atomic E-state index is 0.211. The molecule has 1 aliphatic rings. The Hall–Kier alpha value is -1.04. The third kappa shape index (κ3) is 2.85. The first-order chi connectivity index (χ1) is 8.59. The van der Waals surface area contributed by atoms with Gasteiger partial charge in [0.1, 0.15) is 6.33 Å². The monoisotopic (exact) mass is 268 g/mol. The van der Waals surface area contributed by atoms with E-state index in [2.05, 4.69) is 24.0 Å². The van der Waals surface area contributed by atoms with E-state index in [0.29, 0.717) is 17.8 Å². The lowest BCUT2D eigenvalue weighted by Gasteiger charge is -2.39. The average molecular weight is 268 g/mol. The zero-order valence-corrected chi connectivity index (χ0v) is 12.0. The van der Waals surface area contributed by atoms with Crippen LogP contribution in [0.15, 0.2) is 11.5 Å². The lowest BCUT2D eigenvalue weighted by molar-refractivity contribution is -0.134. The molecule has 1 aliphatic heterocycles. The van der Waals surface area contributed by atoms with Gasteiger partial charge in [0.15, 0.2) is 5.16 Å². The van der Waals surface area contributed by atoms with Crippen LogP contribution in [-0.4, -0.2) is 43.4 Å². The number of aromatic nitrogens is 3. The Labute approximate surface area is 112 Å². The Morgan fingerprint density at radius 1 is 1.44 bits per heavy atom. The molecule has 1 aromatic heterocycles. The predicted molar refractivity (Wildman–Crippen MR) is 71.3 cm³/mol. The topological polar surface area (TPSA) is 51.0 Å². The number of amides is 1. The summed E-state index contributed by atoms with van der Waals surface area (Å²) in [7, 11) is 1.89. The third-order valence-electron chi connectivity index (χ3n) is 3.48. The van der Waals surface area contributed by atoms with E-state index in [9.17, 15) is 4.79 Å². The summed E-state index contributed by atoms with van der Waals surface area (Å²) in [5.41, 5.74) is 0. The molecular formula is C12H20N4OS. The van der Waals surface area contributed by atoms with Gasteiger partial charge in [0.25, 0.3) is 0 Å². The molecule has 0 radical (unpaired) electrons. The van der Waals surface area contributed by atoms with Crippen molar-refractivity contribution in [2.24, 2.45) is 7.05 Å². The van der Waals surface area contributed by atoms with Crippen molar-refractivity contribution in [2.45, 2.75) is 50.4 Å². The maximum Gasteiger partial charge on any atom is 0.233 e. The van der Waals surface area contributed by atoms with Crippen LogP contribution in [0, 0.1) is 0 Å². The molecule has 1 saturated heterocycles. The van der Waals surface area contributed by atoms with Crippen LogP contribution in [0.4, 0.5) is 0 Å². The van der Waals surface area contributed by atoms with Crippen LogP contribution >= 0.6 is 11.8 Å². The van der Waals surface area contributed by atoms with E-state index in [1.807, 2.05) is 16.5 Å². The second-order valence-electron chi connectivity index (χ2n) is 4.94. The number of thioether (sulfide) groups is 1. The molecule has 6 heteroatoms. The fraction of sp³-hybridized carbons (Fsp3) is 0.750. The molecular weight excluding hydrogens is 248 g/mol. The number of piperidine rings is 1. The molecule has 2 atom stereocenters. The van der Waals surface area contributed by atoms with E-state index in [0.717, 1.165) is 18.0 Å². The molecule has 18 heavy (non-hydrogen) atoms. The second-order valence-corrected chi connectivity index (χ2v) is 5.89. The van der Waals surface area contributed by atoms with Crippen LogP contribution in [0.5, 0.6) is 0 Å². The van der Waals surface area contributed by atoms with Crippen molar-refractivity contribution in [3.05, 3.63) is 6.33 Å². The maximum atomic E-state index is 12.3. The number of hydrogen-bond acceptors (Lipinski definition) is 4. The van der Waals surface area contributed by atoms with Crippen LogP contribution in [0.1, 0.15) is 33.1 Å². The lowest BCUT2D eigenvalue weighted by atomic mass is 9.98. The Morgan fingerprint density at radius 3 is 2.67 bits per heavy atom. The minimum Gasteiger partial charge on any atom is -0.337 e. The molecule has 0 spiro atoms. The Morgan fingerprint density at radius 2 is 2.11 bits per heavy atom. The van der Waals surface area contributed by atoms with Crippen LogP contribution in [0.2, 0.25) is 0 Å². The molecule has 1 amide bonds. The van der Waals surface area contributed by atoms with Crippen LogP contribution in [0.25, 0.3) is 0 Å². The highest BCUT2D eigenvalue weighted by Crippen LogP contribution is 2.24. The summed E-state index contributed by atoms with van der Waals surface area (Å²) in [5.74, 6) is 0.656. The Bertz CT molecular complexity index is 410. The summed E-state index contributed by atoms with van der Waals surface area (Å²) in [6, 6.07) is 0.725. The van der Waals surface area contributed by atoms with Gasteiger partial charge in [-0.3, -0.25) is 4.79 Å². The van der Waals surface area contributed by atoms with E-state index in [1.165, 1.54) is 18.2 Å². The van der Waals surface area contributed by atoms with Gasteiger partial charge in [-0.1, -0.05) is 11.8 Å². The van der Waals surface area contributed by atoms with Gasteiger partial charge in [-0.2, -0.15) is 0 Å². The largest absolute Gasteiger partial charge is 0.337 e. The van der Waals surface area contributed by atoms with Gasteiger partial charge in [0, 0.05) is 19.1 Å². The standard InChI is InChI=1S/C12H20N4OS/c1-9-5-4-6-10(2)16(9)11(17)7-18-12-14-13-8-15(12)3/h8-10H,4-7H2,1-3H3/t9-,10-/m1/s1. The van der Waals surface area contributed by atoms with Crippen molar-refractivity contribution in [3.63, 3.8) is 0 Å². The van der Waals surface area contributed by atoms with Crippen LogP contribution in [0.3, 0.4) is 0 Å². The normalized spacial score (nSPS) is 24.3. The summed E-state index contributed by atoms with van der Waals surface area (Å²) in [4.78, 5) is 14.3. The summed E-state index contributed by atoms with van der Waals surface area (Å²) in [5, 5.41) is 8.58. The van der Waals surface area contributed by atoms with Crippen LogP contribution < -0.4 is 0 Å². The molecule has 100 valence electrons. The molecule has 1 fully saturated rings. The molecule has 0 saturated carbocycles. The van der Waals surface area contributed by atoms with E-state index >= 15 is 0 Å². The zero-order chi connectivity index (χ0) is 13.1. The van der Waals surface area contributed by atoms with Gasteiger partial charge in [0.05, 0.1) is 5.75 Å². The summed E-state index contributed by atoms with van der Waals surface area (Å²) < 4.78 is 1.83. The molecule has 5 nitrogen and oxygen atoms in total. The highest BCUT2D eigenvalue weighted by Gasteiger charge is 2.28. The number of carbonyl (C=O) groups excluding carboxylic acids is 1. The molecule has 1 aromatic rings. The first-order valence-electron chi connectivity index (χ1n) is 6.37. The summed E-state index contributed by atoms with van der Waals surface area (Å²) >= 11 is 1.46. The van der Waals surface area contributed by atoms with Crippen molar-refractivity contribution in [3.8, 4) is 0 Å². The van der Waals surface area contributed by atoms with E-state index in [4.69, 9.17) is 0 Å². The fourth-order valence-electron chi connectivity index (χ4n) is 2.52. The Balaban J connectivity index is 1.93. The molecule has 0 bridgehead atoms. The number of likely N-dealkylation sites (tertiary alicyclic amines) is 1. The molecule has 0 N–H and O–H groups in total. The number of carbonyl (C=O) groups is 1. The van der Waals surface area contributed by atoms with Gasteiger partial charge in [-0.05, 0) is 33.1 Å². The third-order valence-corrected chi connectivity index (χ3v) is 4.50. The van der Waals surface area contributed by atoms with Gasteiger partial charge in [0.2, 0.25) is 5.91 Å². The molecule has 0 aromatic carbocycles. The summed E-state index contributed by atoms with van der Waals surface area (Å²) in [6.45, 7) is 4.28. The lowest BCUT2D eigenvalue weighted by Crippen LogP contribution is -2.48. The van der Waals surface area contributed by atoms with Gasteiger partial charge in [-0.15, -0.1) is 10.2 Å². The van der Waals surface area contributed by atoms with Crippen LogP contribution in [-0.2, 0) is 11.8 Å². The molecule has 0 unspecified atom stereocenters. The van der Waals surface area contributed by atoms with Gasteiger partial charge >= 0.3 is 0 Å². The van der Waals surface area contributed by atoms with Crippen molar-refractivity contribution in [1.29, 1.82) is 0 Å². The first kappa shape index (κ1) is 13.4. The van der Waals surface area contributed by atoms with Crippen molar-refractivity contribution >= 4 is 17.7 Å². The van der Waals surface area contributed by atoms with Crippen molar-refractivity contribution in [2.75, 3.05) is 5.75 Å². The predicted octanol–water partition coefficient (Wildman–Crippen LogP) is 1.70. The second kappa shape index (κ2) is 5.73. The average Bonchev–Trinajstić information content (AvgIpc) is 2.72. The number of nitrogens with zero attached hydrogens (tertiary/aromatic N) is 4. The van der Waals surface area contributed by atoms with E-state index in [-0.39, 0.29) is 5.91 Å². The fourth-order valence-corrected chi connectivity index (χ4v) is 3.27. The molecule has 2 rings (SSSR count). The number of aryl methyl sites for hydroxylation is 1.